The maximum Gasteiger partial charge on any atom is 0.158 e. The van der Waals surface area contributed by atoms with E-state index in [1.807, 2.05) is 42.5 Å². The third-order valence-electron chi connectivity index (χ3n) is 4.45. The Kier molecular flexibility index (Phi) is 3.21. The SMILES string of the molecule is COc1ccc2[nH]c3c(Nc4ccc5ncccc5c4)ncnc3c2c1. The maximum absolute atomic E-state index is 5.33. The highest BCUT2D eigenvalue weighted by Gasteiger charge is 2.12. The van der Waals surface area contributed by atoms with Crippen LogP contribution in [0.4, 0.5) is 11.5 Å². The third-order valence-corrected chi connectivity index (χ3v) is 4.45. The Balaban J connectivity index is 1.63. The van der Waals surface area contributed by atoms with Crippen molar-refractivity contribution in [3.8, 4) is 5.75 Å². The molecule has 2 N–H and O–H groups in total. The summed E-state index contributed by atoms with van der Waals surface area (Å²) in [5, 5.41) is 5.47. The van der Waals surface area contributed by atoms with E-state index in [1.165, 1.54) is 0 Å². The third kappa shape index (κ3) is 2.31. The van der Waals surface area contributed by atoms with Gasteiger partial charge in [0.2, 0.25) is 0 Å². The first-order valence-electron chi connectivity index (χ1n) is 8.24. The lowest BCUT2D eigenvalue weighted by Gasteiger charge is -2.07. The van der Waals surface area contributed by atoms with E-state index in [9.17, 15) is 0 Å². The zero-order valence-corrected chi connectivity index (χ0v) is 14.0. The van der Waals surface area contributed by atoms with Crippen LogP contribution in [-0.2, 0) is 0 Å². The van der Waals surface area contributed by atoms with Gasteiger partial charge in [-0.15, -0.1) is 0 Å². The zero-order valence-electron chi connectivity index (χ0n) is 14.0. The summed E-state index contributed by atoms with van der Waals surface area (Å²) < 4.78 is 5.33. The average Bonchev–Trinajstić information content (AvgIpc) is 3.07. The van der Waals surface area contributed by atoms with Crippen molar-refractivity contribution >= 4 is 44.3 Å². The van der Waals surface area contributed by atoms with Gasteiger partial charge in [0.1, 0.15) is 23.1 Å². The Morgan fingerprint density at radius 3 is 2.88 bits per heavy atom. The number of ether oxygens (including phenoxy) is 1. The maximum atomic E-state index is 5.33. The van der Waals surface area contributed by atoms with Crippen molar-refractivity contribution in [1.29, 1.82) is 0 Å². The Morgan fingerprint density at radius 1 is 1.00 bits per heavy atom. The number of hydrogen-bond donors (Lipinski definition) is 2. The van der Waals surface area contributed by atoms with E-state index < -0.39 is 0 Å². The topological polar surface area (TPSA) is 75.7 Å². The highest BCUT2D eigenvalue weighted by Crippen LogP contribution is 2.31. The summed E-state index contributed by atoms with van der Waals surface area (Å²) in [6.07, 6.45) is 3.36. The molecule has 0 bridgehead atoms. The first-order valence-corrected chi connectivity index (χ1v) is 8.24. The van der Waals surface area contributed by atoms with Crippen molar-refractivity contribution in [2.45, 2.75) is 0 Å². The fraction of sp³-hybridized carbons (Fsp3) is 0.0500. The van der Waals surface area contributed by atoms with Crippen molar-refractivity contribution in [1.82, 2.24) is 19.9 Å². The highest BCUT2D eigenvalue weighted by atomic mass is 16.5. The minimum atomic E-state index is 0.730. The summed E-state index contributed by atoms with van der Waals surface area (Å²) in [6.45, 7) is 0. The van der Waals surface area contributed by atoms with Crippen LogP contribution < -0.4 is 10.1 Å². The number of nitrogens with one attached hydrogen (secondary N) is 2. The van der Waals surface area contributed by atoms with Crippen molar-refractivity contribution in [2.75, 3.05) is 12.4 Å². The van der Waals surface area contributed by atoms with E-state index in [1.54, 1.807) is 19.6 Å². The van der Waals surface area contributed by atoms with Crippen LogP contribution in [-0.4, -0.2) is 27.0 Å². The first-order chi connectivity index (χ1) is 12.8. The van der Waals surface area contributed by atoms with Crippen LogP contribution in [0.15, 0.2) is 61.1 Å². The summed E-state index contributed by atoms with van der Waals surface area (Å²) in [6, 6.07) is 15.9. The van der Waals surface area contributed by atoms with Crippen molar-refractivity contribution in [3.05, 3.63) is 61.1 Å². The van der Waals surface area contributed by atoms with Crippen LogP contribution in [0.5, 0.6) is 5.75 Å². The first kappa shape index (κ1) is 14.7. The molecule has 5 rings (SSSR count). The van der Waals surface area contributed by atoms with Gasteiger partial charge in [0.25, 0.3) is 0 Å². The van der Waals surface area contributed by atoms with Crippen LogP contribution in [0.3, 0.4) is 0 Å². The standard InChI is InChI=1S/C20H15N5O/c1-26-14-5-7-17-15(10-14)18-19(25-17)20(23-11-22-18)24-13-4-6-16-12(9-13)3-2-8-21-16/h2-11,25H,1H3,(H,22,23,24). The van der Waals surface area contributed by atoms with Gasteiger partial charge < -0.3 is 15.0 Å². The van der Waals surface area contributed by atoms with Gasteiger partial charge in [-0.25, -0.2) is 9.97 Å². The van der Waals surface area contributed by atoms with Crippen molar-refractivity contribution in [3.63, 3.8) is 0 Å². The van der Waals surface area contributed by atoms with Crippen molar-refractivity contribution in [2.24, 2.45) is 0 Å². The zero-order chi connectivity index (χ0) is 17.5. The van der Waals surface area contributed by atoms with Gasteiger partial charge in [0.15, 0.2) is 5.82 Å². The molecule has 3 heterocycles. The molecular weight excluding hydrogens is 326 g/mol. The molecule has 0 spiro atoms. The lowest BCUT2D eigenvalue weighted by atomic mass is 10.2. The van der Waals surface area contributed by atoms with Gasteiger partial charge in [0, 0.05) is 28.2 Å². The summed E-state index contributed by atoms with van der Waals surface area (Å²) in [7, 11) is 1.66. The molecule has 26 heavy (non-hydrogen) atoms. The molecule has 0 saturated carbocycles. The Bertz CT molecular complexity index is 1260. The minimum Gasteiger partial charge on any atom is -0.497 e. The van der Waals surface area contributed by atoms with Crippen LogP contribution >= 0.6 is 0 Å². The molecule has 0 unspecified atom stereocenters. The largest absolute Gasteiger partial charge is 0.497 e. The number of aromatic nitrogens is 4. The summed E-state index contributed by atoms with van der Waals surface area (Å²) in [5.41, 5.74) is 4.62. The Morgan fingerprint density at radius 2 is 1.96 bits per heavy atom. The fourth-order valence-corrected chi connectivity index (χ4v) is 3.18. The van der Waals surface area contributed by atoms with Gasteiger partial charge in [-0.05, 0) is 42.5 Å². The van der Waals surface area contributed by atoms with Crippen LogP contribution in [0.2, 0.25) is 0 Å². The van der Waals surface area contributed by atoms with Gasteiger partial charge in [-0.2, -0.15) is 0 Å². The van der Waals surface area contributed by atoms with Gasteiger partial charge >= 0.3 is 0 Å². The lowest BCUT2D eigenvalue weighted by molar-refractivity contribution is 0.415. The van der Waals surface area contributed by atoms with E-state index in [-0.39, 0.29) is 0 Å². The Labute approximate surface area is 148 Å². The normalized spacial score (nSPS) is 11.3. The summed E-state index contributed by atoms with van der Waals surface area (Å²) >= 11 is 0. The molecule has 0 atom stereocenters. The number of nitrogens with zero attached hydrogens (tertiary/aromatic N) is 3. The summed E-state index contributed by atoms with van der Waals surface area (Å²) in [4.78, 5) is 16.6. The molecule has 126 valence electrons. The lowest BCUT2D eigenvalue weighted by Crippen LogP contribution is -1.95. The molecule has 0 radical (unpaired) electrons. The molecule has 6 nitrogen and oxygen atoms in total. The molecule has 6 heteroatoms. The molecular formula is C20H15N5O. The van der Waals surface area contributed by atoms with Crippen LogP contribution in [0, 0.1) is 0 Å². The predicted molar refractivity (Wildman–Crippen MR) is 103 cm³/mol. The molecule has 0 amide bonds. The molecule has 0 saturated heterocycles. The molecule has 3 aromatic heterocycles. The van der Waals surface area contributed by atoms with Gasteiger partial charge in [-0.3, -0.25) is 4.98 Å². The number of aromatic amines is 1. The van der Waals surface area contributed by atoms with Crippen LogP contribution in [0.1, 0.15) is 0 Å². The quantitative estimate of drug-likeness (QED) is 0.508. The minimum absolute atomic E-state index is 0.730. The number of H-pyrrole nitrogens is 1. The number of benzene rings is 2. The monoisotopic (exact) mass is 341 g/mol. The summed E-state index contributed by atoms with van der Waals surface area (Å²) in [5.74, 6) is 1.53. The predicted octanol–water partition coefficient (Wildman–Crippen LogP) is 4.41. The van der Waals surface area contributed by atoms with E-state index in [0.29, 0.717) is 0 Å². The molecule has 0 aliphatic carbocycles. The molecule has 2 aromatic carbocycles. The number of rotatable bonds is 3. The van der Waals surface area contributed by atoms with Crippen LogP contribution in [0.25, 0.3) is 32.8 Å². The highest BCUT2D eigenvalue weighted by molar-refractivity contribution is 6.08. The molecule has 5 aromatic rings. The Hall–Kier alpha value is -3.67. The molecule has 0 aliphatic rings. The molecule has 0 fully saturated rings. The second kappa shape index (κ2) is 5.70. The van der Waals surface area contributed by atoms with E-state index in [2.05, 4.69) is 31.3 Å². The average molecular weight is 341 g/mol. The smallest absolute Gasteiger partial charge is 0.158 e. The van der Waals surface area contributed by atoms with E-state index in [0.717, 1.165) is 50.1 Å². The van der Waals surface area contributed by atoms with E-state index in [4.69, 9.17) is 4.74 Å². The second-order valence-corrected chi connectivity index (χ2v) is 6.02. The number of anilines is 2. The van der Waals surface area contributed by atoms with Gasteiger partial charge in [0.05, 0.1) is 12.6 Å². The fourth-order valence-electron chi connectivity index (χ4n) is 3.18. The number of hydrogen-bond acceptors (Lipinski definition) is 5. The second-order valence-electron chi connectivity index (χ2n) is 6.02. The molecule has 0 aliphatic heterocycles. The number of fused-ring (bicyclic) bond motifs is 4. The van der Waals surface area contributed by atoms with E-state index >= 15 is 0 Å². The van der Waals surface area contributed by atoms with Gasteiger partial charge in [-0.1, -0.05) is 6.07 Å². The number of pyridine rings is 1. The van der Waals surface area contributed by atoms with Crippen molar-refractivity contribution < 1.29 is 4.74 Å². The number of methoxy groups -OCH3 is 1.